The molecule has 5 aliphatic rings. The molecule has 4 aliphatic heterocycles. The standard InChI is InChI=1S/C28H36N2O10/c1-11-21(33)37-16(9-31)19(32)27-18-8-17(25(5,6)7)26(27)20(36-10-15-14(4)29-12(2)13(3)30-15)22(34)39-24(26)40-28(11,27)23(35)38-18/h11,16-20,24,31-32H,8-10H2,1-7H3/t11-,16-,17+,18?,19+,20+,24+,26?,27?,28-/m1/s1. The highest BCUT2D eigenvalue weighted by atomic mass is 16.8. The van der Waals surface area contributed by atoms with Crippen molar-refractivity contribution >= 4 is 17.9 Å². The molecule has 40 heavy (non-hydrogen) atoms. The summed E-state index contributed by atoms with van der Waals surface area (Å²) in [4.78, 5) is 49.8. The van der Waals surface area contributed by atoms with E-state index in [9.17, 15) is 24.6 Å². The third-order valence-electron chi connectivity index (χ3n) is 10.2. The van der Waals surface area contributed by atoms with E-state index in [1.165, 1.54) is 6.92 Å². The first-order valence-corrected chi connectivity index (χ1v) is 13.7. The normalized spacial score (nSPS) is 43.5. The molecule has 1 aromatic heterocycles. The summed E-state index contributed by atoms with van der Waals surface area (Å²) >= 11 is 0. The van der Waals surface area contributed by atoms with Gasteiger partial charge in [-0.15, -0.1) is 0 Å². The van der Waals surface area contributed by atoms with E-state index in [0.717, 1.165) is 5.69 Å². The fourth-order valence-corrected chi connectivity index (χ4v) is 8.58. The predicted molar refractivity (Wildman–Crippen MR) is 133 cm³/mol. The van der Waals surface area contributed by atoms with Crippen LogP contribution in [0.4, 0.5) is 0 Å². The van der Waals surface area contributed by atoms with Crippen molar-refractivity contribution < 1.29 is 48.3 Å². The molecular formula is C28H36N2O10. The van der Waals surface area contributed by atoms with Gasteiger partial charge < -0.3 is 33.9 Å². The number of nitrogens with zero attached hydrogens (tertiary/aromatic N) is 2. The Labute approximate surface area is 231 Å². The third-order valence-corrected chi connectivity index (χ3v) is 10.2. The fourth-order valence-electron chi connectivity index (χ4n) is 8.58. The molecule has 12 heteroatoms. The molecule has 5 fully saturated rings. The highest BCUT2D eigenvalue weighted by Gasteiger charge is 2.97. The number of carbonyl (C=O) groups excluding carboxylic acids is 3. The summed E-state index contributed by atoms with van der Waals surface area (Å²) < 4.78 is 30.2. The van der Waals surface area contributed by atoms with E-state index in [1.807, 2.05) is 34.6 Å². The molecule has 3 unspecified atom stereocenters. The van der Waals surface area contributed by atoms with E-state index in [2.05, 4.69) is 9.97 Å². The van der Waals surface area contributed by atoms with E-state index in [-0.39, 0.29) is 13.0 Å². The van der Waals surface area contributed by atoms with Crippen LogP contribution in [-0.4, -0.2) is 81.0 Å². The van der Waals surface area contributed by atoms with Crippen LogP contribution in [0.2, 0.25) is 0 Å². The lowest BCUT2D eigenvalue weighted by atomic mass is 9.48. The smallest absolute Gasteiger partial charge is 0.340 e. The predicted octanol–water partition coefficient (Wildman–Crippen LogP) is 0.818. The van der Waals surface area contributed by atoms with Crippen LogP contribution < -0.4 is 0 Å². The second kappa shape index (κ2) is 8.43. The zero-order valence-electron chi connectivity index (χ0n) is 23.7. The van der Waals surface area contributed by atoms with E-state index in [4.69, 9.17) is 23.7 Å². The number of aryl methyl sites for hydroxylation is 3. The van der Waals surface area contributed by atoms with E-state index < -0.39 is 88.9 Å². The van der Waals surface area contributed by atoms with Crippen LogP contribution in [-0.2, 0) is 44.7 Å². The van der Waals surface area contributed by atoms with Gasteiger partial charge in [0.25, 0.3) is 0 Å². The summed E-state index contributed by atoms with van der Waals surface area (Å²) in [6.45, 7) is 12.1. The van der Waals surface area contributed by atoms with Crippen molar-refractivity contribution in [3.63, 3.8) is 0 Å². The second-order valence-corrected chi connectivity index (χ2v) is 12.9. The molecule has 0 radical (unpaired) electrons. The van der Waals surface area contributed by atoms with Crippen molar-refractivity contribution in [1.82, 2.24) is 9.97 Å². The Morgan fingerprint density at radius 1 is 1.00 bits per heavy atom. The highest BCUT2D eigenvalue weighted by molar-refractivity contribution is 5.94. The maximum absolute atomic E-state index is 13.8. The minimum Gasteiger partial charge on any atom is -0.459 e. The lowest BCUT2D eigenvalue weighted by Gasteiger charge is -2.50. The molecule has 6 rings (SSSR count). The molecule has 0 aromatic carbocycles. The Bertz CT molecular complexity index is 1310. The molecule has 2 N–H and O–H groups in total. The summed E-state index contributed by atoms with van der Waals surface area (Å²) in [5.74, 6) is -4.04. The summed E-state index contributed by atoms with van der Waals surface area (Å²) in [7, 11) is 0. The first kappa shape index (κ1) is 27.5. The van der Waals surface area contributed by atoms with Gasteiger partial charge in [-0.05, 0) is 45.4 Å². The molecule has 2 spiro atoms. The molecule has 12 nitrogen and oxygen atoms in total. The molecule has 218 valence electrons. The van der Waals surface area contributed by atoms with Gasteiger partial charge in [0.05, 0.1) is 52.7 Å². The topological polar surface area (TPSA) is 164 Å². The molecule has 0 bridgehead atoms. The van der Waals surface area contributed by atoms with Gasteiger partial charge in [-0.1, -0.05) is 20.8 Å². The first-order valence-electron chi connectivity index (χ1n) is 13.7. The van der Waals surface area contributed by atoms with Crippen molar-refractivity contribution in [2.75, 3.05) is 6.61 Å². The zero-order chi connectivity index (χ0) is 29.2. The largest absolute Gasteiger partial charge is 0.459 e. The Hall–Kier alpha value is -2.67. The maximum Gasteiger partial charge on any atom is 0.340 e. The first-order chi connectivity index (χ1) is 18.7. The summed E-state index contributed by atoms with van der Waals surface area (Å²) in [5, 5.41) is 22.4. The van der Waals surface area contributed by atoms with Crippen LogP contribution in [0.25, 0.3) is 0 Å². The number of aromatic nitrogens is 2. The number of aliphatic hydroxyl groups is 2. The van der Waals surface area contributed by atoms with Crippen LogP contribution in [0.3, 0.4) is 0 Å². The van der Waals surface area contributed by atoms with E-state index in [0.29, 0.717) is 17.1 Å². The lowest BCUT2D eigenvalue weighted by Crippen LogP contribution is -2.68. The van der Waals surface area contributed by atoms with Gasteiger partial charge in [0.15, 0.2) is 17.8 Å². The number of carbonyl (C=O) groups is 3. The van der Waals surface area contributed by atoms with Gasteiger partial charge in [0.1, 0.15) is 12.2 Å². The third kappa shape index (κ3) is 2.92. The molecule has 5 heterocycles. The van der Waals surface area contributed by atoms with Crippen LogP contribution in [0.5, 0.6) is 0 Å². The number of hydrogen-bond acceptors (Lipinski definition) is 12. The molecule has 10 atom stereocenters. The van der Waals surface area contributed by atoms with Gasteiger partial charge in [-0.3, -0.25) is 14.8 Å². The molecule has 1 aromatic rings. The quantitative estimate of drug-likeness (QED) is 0.394. The molecule has 0 amide bonds. The van der Waals surface area contributed by atoms with Gasteiger partial charge in [0.2, 0.25) is 6.29 Å². The van der Waals surface area contributed by atoms with Gasteiger partial charge in [0, 0.05) is 0 Å². The Morgan fingerprint density at radius 2 is 1.68 bits per heavy atom. The number of esters is 3. The van der Waals surface area contributed by atoms with Gasteiger partial charge in [-0.25, -0.2) is 9.59 Å². The zero-order valence-corrected chi connectivity index (χ0v) is 23.7. The Balaban J connectivity index is 1.58. The van der Waals surface area contributed by atoms with Crippen LogP contribution in [0, 0.1) is 48.9 Å². The number of ether oxygens (including phenoxy) is 5. The van der Waals surface area contributed by atoms with E-state index >= 15 is 0 Å². The fraction of sp³-hybridized carbons (Fsp3) is 0.750. The summed E-state index contributed by atoms with van der Waals surface area (Å²) in [5.41, 5.74) is -3.08. The monoisotopic (exact) mass is 560 g/mol. The number of rotatable bonds is 4. The molecule has 1 aliphatic carbocycles. The summed E-state index contributed by atoms with van der Waals surface area (Å²) in [6.07, 6.45) is -6.37. The van der Waals surface area contributed by atoms with Crippen LogP contribution in [0.1, 0.15) is 56.9 Å². The average Bonchev–Trinajstić information content (AvgIpc) is 3.49. The van der Waals surface area contributed by atoms with E-state index in [1.54, 1.807) is 6.92 Å². The average molecular weight is 561 g/mol. The molecule has 1 saturated carbocycles. The minimum atomic E-state index is -2.03. The van der Waals surface area contributed by atoms with Crippen molar-refractivity contribution in [2.45, 2.75) is 97.8 Å². The van der Waals surface area contributed by atoms with Crippen LogP contribution >= 0.6 is 0 Å². The van der Waals surface area contributed by atoms with Crippen molar-refractivity contribution in [3.8, 4) is 0 Å². The van der Waals surface area contributed by atoms with Crippen molar-refractivity contribution in [1.29, 1.82) is 0 Å². The SMILES string of the molecule is Cc1nc(C)c(CO[C@H]2C(=O)O[C@H]3O[C@]45C(=O)OC6C[C@@H](C(C)(C)C)C32C64[C@@H](O)[C@@H](CO)OC(=O)[C@H]5C)nc1C. The minimum absolute atomic E-state index is 0.0991. The molecular weight excluding hydrogens is 524 g/mol. The maximum atomic E-state index is 13.8. The highest BCUT2D eigenvalue weighted by Crippen LogP contribution is 2.81. The van der Waals surface area contributed by atoms with Gasteiger partial charge in [-0.2, -0.15) is 0 Å². The van der Waals surface area contributed by atoms with Crippen molar-refractivity contribution in [2.24, 2.45) is 28.1 Å². The van der Waals surface area contributed by atoms with Gasteiger partial charge >= 0.3 is 17.9 Å². The second-order valence-electron chi connectivity index (χ2n) is 12.9. The number of hydrogen-bond donors (Lipinski definition) is 2. The summed E-state index contributed by atoms with van der Waals surface area (Å²) in [6, 6.07) is 0. The number of aliphatic hydroxyl groups excluding tert-OH is 2. The Morgan fingerprint density at radius 3 is 2.33 bits per heavy atom. The van der Waals surface area contributed by atoms with Crippen LogP contribution in [0.15, 0.2) is 0 Å². The Kier molecular flexibility index (Phi) is 5.80. The molecule has 4 saturated heterocycles. The number of cyclic esters (lactones) is 1. The lowest BCUT2D eigenvalue weighted by molar-refractivity contribution is -0.207. The van der Waals surface area contributed by atoms with Crippen molar-refractivity contribution in [3.05, 3.63) is 22.8 Å².